The molecule has 1 unspecified atom stereocenters. The SMILES string of the molecule is CN=C(NCCC1=CCOCC1)NCC(CC(C)C)N1CCOCC1. The van der Waals surface area contributed by atoms with Crippen LogP contribution in [0.5, 0.6) is 0 Å². The molecule has 2 rings (SSSR count). The van der Waals surface area contributed by atoms with Crippen LogP contribution in [0.3, 0.4) is 0 Å². The van der Waals surface area contributed by atoms with Gasteiger partial charge in [-0.25, -0.2) is 0 Å². The molecule has 2 aliphatic rings. The van der Waals surface area contributed by atoms with Gasteiger partial charge in [0.05, 0.1) is 26.4 Å². The Morgan fingerprint density at radius 1 is 1.20 bits per heavy atom. The number of rotatable bonds is 8. The summed E-state index contributed by atoms with van der Waals surface area (Å²) in [4.78, 5) is 6.93. The zero-order valence-corrected chi connectivity index (χ0v) is 16.2. The van der Waals surface area contributed by atoms with Crippen LogP contribution in [-0.4, -0.2) is 76.6 Å². The van der Waals surface area contributed by atoms with Crippen molar-refractivity contribution in [3.63, 3.8) is 0 Å². The van der Waals surface area contributed by atoms with Gasteiger partial charge < -0.3 is 20.1 Å². The second-order valence-corrected chi connectivity index (χ2v) is 7.25. The van der Waals surface area contributed by atoms with Gasteiger partial charge in [0, 0.05) is 39.3 Å². The van der Waals surface area contributed by atoms with Crippen molar-refractivity contribution in [1.29, 1.82) is 0 Å². The third-order valence-electron chi connectivity index (χ3n) is 4.83. The molecule has 0 spiro atoms. The Morgan fingerprint density at radius 2 is 2.00 bits per heavy atom. The highest BCUT2D eigenvalue weighted by molar-refractivity contribution is 5.79. The number of nitrogens with one attached hydrogen (secondary N) is 2. The molecule has 2 heterocycles. The van der Waals surface area contributed by atoms with Crippen molar-refractivity contribution in [1.82, 2.24) is 15.5 Å². The third kappa shape index (κ3) is 7.75. The molecular formula is C19H36N4O2. The quantitative estimate of drug-likeness (QED) is 0.395. The van der Waals surface area contributed by atoms with Crippen molar-refractivity contribution in [2.75, 3.05) is 59.7 Å². The first kappa shape index (κ1) is 20.2. The highest BCUT2D eigenvalue weighted by Crippen LogP contribution is 2.13. The molecule has 1 fully saturated rings. The van der Waals surface area contributed by atoms with E-state index in [1.807, 2.05) is 7.05 Å². The molecule has 0 amide bonds. The summed E-state index contributed by atoms with van der Waals surface area (Å²) in [5.74, 6) is 1.58. The van der Waals surface area contributed by atoms with Gasteiger partial charge in [-0.05, 0) is 25.2 Å². The summed E-state index contributed by atoms with van der Waals surface area (Å²) in [6, 6.07) is 0.528. The van der Waals surface area contributed by atoms with E-state index in [9.17, 15) is 0 Å². The van der Waals surface area contributed by atoms with Gasteiger partial charge in [0.25, 0.3) is 0 Å². The summed E-state index contributed by atoms with van der Waals surface area (Å²) in [6.07, 6.45) is 5.51. The molecule has 0 aromatic carbocycles. The lowest BCUT2D eigenvalue weighted by Crippen LogP contribution is -2.51. The van der Waals surface area contributed by atoms with Crippen molar-refractivity contribution >= 4 is 5.96 Å². The van der Waals surface area contributed by atoms with E-state index in [1.165, 1.54) is 12.0 Å². The summed E-state index contributed by atoms with van der Waals surface area (Å²) < 4.78 is 10.9. The maximum Gasteiger partial charge on any atom is 0.191 e. The maximum absolute atomic E-state index is 5.50. The van der Waals surface area contributed by atoms with Crippen LogP contribution in [0.2, 0.25) is 0 Å². The molecule has 2 N–H and O–H groups in total. The minimum atomic E-state index is 0.528. The van der Waals surface area contributed by atoms with Crippen LogP contribution in [0.25, 0.3) is 0 Å². The molecule has 1 atom stereocenters. The van der Waals surface area contributed by atoms with Crippen LogP contribution in [0.15, 0.2) is 16.6 Å². The van der Waals surface area contributed by atoms with Crippen LogP contribution < -0.4 is 10.6 Å². The van der Waals surface area contributed by atoms with E-state index in [0.29, 0.717) is 12.0 Å². The van der Waals surface area contributed by atoms with E-state index in [1.54, 1.807) is 0 Å². The Balaban J connectivity index is 1.74. The highest BCUT2D eigenvalue weighted by Gasteiger charge is 2.22. The van der Waals surface area contributed by atoms with Crippen molar-refractivity contribution in [3.05, 3.63) is 11.6 Å². The van der Waals surface area contributed by atoms with E-state index in [0.717, 1.165) is 71.4 Å². The maximum atomic E-state index is 5.50. The molecule has 0 aromatic rings. The fraction of sp³-hybridized carbons (Fsp3) is 0.842. The van der Waals surface area contributed by atoms with Crippen molar-refractivity contribution in [2.24, 2.45) is 10.9 Å². The van der Waals surface area contributed by atoms with Gasteiger partial charge in [0.15, 0.2) is 5.96 Å². The van der Waals surface area contributed by atoms with E-state index < -0.39 is 0 Å². The zero-order valence-electron chi connectivity index (χ0n) is 16.2. The summed E-state index contributed by atoms with van der Waals surface area (Å²) in [6.45, 7) is 11.8. The first-order chi connectivity index (χ1) is 12.2. The van der Waals surface area contributed by atoms with Crippen LogP contribution in [0, 0.1) is 5.92 Å². The molecule has 6 nitrogen and oxygen atoms in total. The van der Waals surface area contributed by atoms with Gasteiger partial charge in [-0.15, -0.1) is 0 Å². The first-order valence-corrected chi connectivity index (χ1v) is 9.71. The summed E-state index contributed by atoms with van der Waals surface area (Å²) >= 11 is 0. The second-order valence-electron chi connectivity index (χ2n) is 7.25. The number of ether oxygens (including phenoxy) is 2. The Hall–Kier alpha value is -1.11. The number of hydrogen-bond acceptors (Lipinski definition) is 4. The van der Waals surface area contributed by atoms with Gasteiger partial charge in [-0.3, -0.25) is 9.89 Å². The molecule has 25 heavy (non-hydrogen) atoms. The number of aliphatic imine (C=N–C) groups is 1. The fourth-order valence-corrected chi connectivity index (χ4v) is 3.42. The van der Waals surface area contributed by atoms with Gasteiger partial charge in [-0.1, -0.05) is 25.5 Å². The Kier molecular flexibility index (Phi) is 9.29. The minimum Gasteiger partial charge on any atom is -0.379 e. The van der Waals surface area contributed by atoms with Gasteiger partial charge in [0.2, 0.25) is 0 Å². The summed E-state index contributed by atoms with van der Waals surface area (Å²) in [5, 5.41) is 6.96. The molecule has 144 valence electrons. The largest absolute Gasteiger partial charge is 0.379 e. The Labute approximate surface area is 153 Å². The van der Waals surface area contributed by atoms with Gasteiger partial charge in [-0.2, -0.15) is 0 Å². The van der Waals surface area contributed by atoms with Crippen molar-refractivity contribution < 1.29 is 9.47 Å². The van der Waals surface area contributed by atoms with Crippen LogP contribution >= 0.6 is 0 Å². The number of hydrogen-bond donors (Lipinski definition) is 2. The monoisotopic (exact) mass is 352 g/mol. The van der Waals surface area contributed by atoms with Crippen LogP contribution in [0.1, 0.15) is 33.1 Å². The topological polar surface area (TPSA) is 58.1 Å². The smallest absolute Gasteiger partial charge is 0.191 e. The molecule has 0 bridgehead atoms. The molecular weight excluding hydrogens is 316 g/mol. The summed E-state index contributed by atoms with van der Waals surface area (Å²) in [7, 11) is 1.84. The second kappa shape index (κ2) is 11.5. The molecule has 0 aliphatic carbocycles. The third-order valence-corrected chi connectivity index (χ3v) is 4.83. The number of morpholine rings is 1. The molecule has 2 aliphatic heterocycles. The first-order valence-electron chi connectivity index (χ1n) is 9.71. The predicted molar refractivity (Wildman–Crippen MR) is 103 cm³/mol. The molecule has 0 radical (unpaired) electrons. The van der Waals surface area contributed by atoms with E-state index in [2.05, 4.69) is 40.4 Å². The van der Waals surface area contributed by atoms with Crippen LogP contribution in [0.4, 0.5) is 0 Å². The predicted octanol–water partition coefficient (Wildman–Crippen LogP) is 1.64. The zero-order chi connectivity index (χ0) is 17.9. The van der Waals surface area contributed by atoms with E-state index >= 15 is 0 Å². The number of guanidine groups is 1. The standard InChI is InChI=1S/C19H36N4O2/c1-16(2)14-18(23-8-12-25-13-9-23)15-22-19(20-3)21-7-4-17-5-10-24-11-6-17/h5,16,18H,4,6-15H2,1-3H3,(H2,20,21,22). The average Bonchev–Trinajstić information content (AvgIpc) is 2.64. The van der Waals surface area contributed by atoms with Crippen molar-refractivity contribution in [3.8, 4) is 0 Å². The molecule has 0 aromatic heterocycles. The Morgan fingerprint density at radius 3 is 2.64 bits per heavy atom. The lowest BCUT2D eigenvalue weighted by Gasteiger charge is -2.35. The minimum absolute atomic E-state index is 0.528. The molecule has 6 heteroatoms. The highest BCUT2D eigenvalue weighted by atomic mass is 16.5. The van der Waals surface area contributed by atoms with E-state index in [4.69, 9.17) is 9.47 Å². The Bertz CT molecular complexity index is 431. The lowest BCUT2D eigenvalue weighted by atomic mass is 10.0. The molecule has 0 saturated carbocycles. The van der Waals surface area contributed by atoms with Gasteiger partial charge in [0.1, 0.15) is 0 Å². The summed E-state index contributed by atoms with van der Waals surface area (Å²) in [5.41, 5.74) is 1.49. The fourth-order valence-electron chi connectivity index (χ4n) is 3.42. The van der Waals surface area contributed by atoms with E-state index in [-0.39, 0.29) is 0 Å². The number of nitrogens with zero attached hydrogens (tertiary/aromatic N) is 2. The lowest BCUT2D eigenvalue weighted by molar-refractivity contribution is 0.0132. The normalized spacial score (nSPS) is 21.1. The van der Waals surface area contributed by atoms with Crippen molar-refractivity contribution in [2.45, 2.75) is 39.2 Å². The van der Waals surface area contributed by atoms with Gasteiger partial charge >= 0.3 is 0 Å². The average molecular weight is 353 g/mol. The van der Waals surface area contributed by atoms with Crippen LogP contribution in [-0.2, 0) is 9.47 Å². The molecule has 1 saturated heterocycles.